The maximum absolute atomic E-state index is 13.6. The normalized spacial score (nSPS) is 11.3. The largest absolute Gasteiger partial charge is 0.235 e. The molecule has 0 aliphatic rings. The fraction of sp³-hybridized carbons (Fsp3) is 0.267. The van der Waals surface area contributed by atoms with Crippen molar-refractivity contribution in [1.82, 2.24) is 0 Å². The van der Waals surface area contributed by atoms with Gasteiger partial charge >= 0.3 is 0 Å². The molecule has 0 N–H and O–H groups in total. The van der Waals surface area contributed by atoms with Crippen LogP contribution in [0.1, 0.15) is 25.6 Å². The van der Waals surface area contributed by atoms with Gasteiger partial charge in [-0.25, -0.2) is 9.24 Å². The Morgan fingerprint density at radius 2 is 1.89 bits per heavy atom. The zero-order valence-electron chi connectivity index (χ0n) is 10.6. The van der Waals surface area contributed by atoms with Crippen molar-refractivity contribution in [2.75, 3.05) is 0 Å². The molecule has 0 spiro atoms. The van der Waals surface area contributed by atoms with Crippen molar-refractivity contribution in [2.24, 2.45) is 0 Å². The van der Waals surface area contributed by atoms with E-state index in [0.29, 0.717) is 0 Å². The average molecular weight is 259 g/mol. The van der Waals surface area contributed by atoms with E-state index in [4.69, 9.17) is 6.57 Å². The number of hydrogen-bond donors (Lipinski definition) is 0. The Morgan fingerprint density at radius 3 is 2.39 bits per heavy atom. The summed E-state index contributed by atoms with van der Waals surface area (Å²) in [7, 11) is 0. The molecular formula is C15H14FNS. The van der Waals surface area contributed by atoms with Gasteiger partial charge in [0.15, 0.2) is 0 Å². The van der Waals surface area contributed by atoms with Crippen LogP contribution >= 0.6 is 11.3 Å². The van der Waals surface area contributed by atoms with E-state index in [0.717, 1.165) is 10.4 Å². The van der Waals surface area contributed by atoms with Gasteiger partial charge in [0.1, 0.15) is 5.82 Å². The van der Waals surface area contributed by atoms with E-state index in [-0.39, 0.29) is 11.1 Å². The number of thiophene rings is 1. The molecule has 1 aromatic heterocycles. The van der Waals surface area contributed by atoms with Gasteiger partial charge in [0, 0.05) is 9.75 Å². The quantitative estimate of drug-likeness (QED) is 0.604. The molecule has 0 radical (unpaired) electrons. The van der Waals surface area contributed by atoms with Crippen molar-refractivity contribution >= 4 is 17.0 Å². The van der Waals surface area contributed by atoms with Crippen LogP contribution in [0.15, 0.2) is 30.3 Å². The number of nitrogens with zero attached hydrogens (tertiary/aromatic N) is 1. The van der Waals surface area contributed by atoms with Crippen LogP contribution in [0.2, 0.25) is 0 Å². The third kappa shape index (κ3) is 2.44. The molecule has 18 heavy (non-hydrogen) atoms. The predicted octanol–water partition coefficient (Wildman–Crippen LogP) is 5.40. The minimum absolute atomic E-state index is 0.0753. The summed E-state index contributed by atoms with van der Waals surface area (Å²) < 4.78 is 13.6. The van der Waals surface area contributed by atoms with Gasteiger partial charge in [-0.3, -0.25) is 0 Å². The number of hydrogen-bond acceptors (Lipinski definition) is 1. The molecule has 1 aromatic carbocycles. The Bertz CT molecular complexity index is 614. The van der Waals surface area contributed by atoms with Gasteiger partial charge in [-0.2, -0.15) is 0 Å². The first-order valence-electron chi connectivity index (χ1n) is 5.69. The lowest BCUT2D eigenvalue weighted by Crippen LogP contribution is -2.07. The molecule has 0 unspecified atom stereocenters. The maximum Gasteiger partial charge on any atom is 0.222 e. The molecular weight excluding hydrogens is 245 g/mol. The molecule has 2 rings (SSSR count). The highest BCUT2D eigenvalue weighted by Gasteiger charge is 2.16. The first-order chi connectivity index (χ1) is 8.41. The van der Waals surface area contributed by atoms with Gasteiger partial charge in [-0.15, -0.1) is 11.3 Å². The van der Waals surface area contributed by atoms with Crippen molar-refractivity contribution in [3.8, 4) is 10.4 Å². The maximum atomic E-state index is 13.6. The summed E-state index contributed by atoms with van der Waals surface area (Å²) in [4.78, 5) is 5.44. The van der Waals surface area contributed by atoms with E-state index in [1.54, 1.807) is 17.4 Å². The topological polar surface area (TPSA) is 4.36 Å². The molecule has 0 saturated carbocycles. The van der Waals surface area contributed by atoms with Crippen molar-refractivity contribution in [1.29, 1.82) is 0 Å². The molecule has 0 aliphatic heterocycles. The Hall–Kier alpha value is -1.66. The van der Waals surface area contributed by atoms with Crippen molar-refractivity contribution in [2.45, 2.75) is 26.2 Å². The Labute approximate surface area is 111 Å². The van der Waals surface area contributed by atoms with E-state index in [9.17, 15) is 4.39 Å². The lowest BCUT2D eigenvalue weighted by atomic mass is 9.95. The number of benzene rings is 1. The second-order valence-corrected chi connectivity index (χ2v) is 6.28. The summed E-state index contributed by atoms with van der Waals surface area (Å²) in [6.45, 7) is 13.3. The molecule has 92 valence electrons. The van der Waals surface area contributed by atoms with Crippen molar-refractivity contribution in [3.63, 3.8) is 0 Å². The van der Waals surface area contributed by atoms with E-state index in [1.807, 2.05) is 6.07 Å². The Balaban J connectivity index is 2.41. The van der Waals surface area contributed by atoms with Crippen molar-refractivity contribution < 1.29 is 4.39 Å². The van der Waals surface area contributed by atoms with Crippen LogP contribution in [-0.2, 0) is 5.41 Å². The van der Waals surface area contributed by atoms with Gasteiger partial charge in [0.25, 0.3) is 0 Å². The summed E-state index contributed by atoms with van der Waals surface area (Å²) in [6.07, 6.45) is 0. The minimum atomic E-state index is -0.451. The van der Waals surface area contributed by atoms with Crippen LogP contribution in [0.25, 0.3) is 15.3 Å². The molecule has 0 fully saturated rings. The average Bonchev–Trinajstić information content (AvgIpc) is 2.77. The zero-order chi connectivity index (χ0) is 13.3. The second-order valence-electron chi connectivity index (χ2n) is 5.19. The van der Waals surface area contributed by atoms with Gasteiger partial charge < -0.3 is 0 Å². The van der Waals surface area contributed by atoms with Gasteiger partial charge in [-0.1, -0.05) is 32.9 Å². The van der Waals surface area contributed by atoms with Gasteiger partial charge in [0.2, 0.25) is 5.69 Å². The van der Waals surface area contributed by atoms with E-state index >= 15 is 0 Å². The monoisotopic (exact) mass is 259 g/mol. The molecule has 1 nitrogen and oxygen atoms in total. The molecule has 0 atom stereocenters. The fourth-order valence-corrected chi connectivity index (χ4v) is 2.71. The Morgan fingerprint density at radius 1 is 1.17 bits per heavy atom. The highest BCUT2D eigenvalue weighted by molar-refractivity contribution is 7.15. The van der Waals surface area contributed by atoms with Crippen LogP contribution in [-0.4, -0.2) is 0 Å². The van der Waals surface area contributed by atoms with E-state index in [2.05, 4.69) is 31.7 Å². The summed E-state index contributed by atoms with van der Waals surface area (Å²) in [5.74, 6) is -0.451. The van der Waals surface area contributed by atoms with Crippen LogP contribution in [0, 0.1) is 12.4 Å². The first-order valence-corrected chi connectivity index (χ1v) is 6.51. The molecule has 2 aromatic rings. The Kier molecular flexibility index (Phi) is 3.23. The number of halogens is 1. The SMILES string of the molecule is [C-]#[N+]c1ccc(-c2ccc(C(C)(C)C)s2)cc1F. The van der Waals surface area contributed by atoms with Crippen LogP contribution in [0.4, 0.5) is 10.1 Å². The van der Waals surface area contributed by atoms with E-state index in [1.165, 1.54) is 17.0 Å². The molecule has 0 bridgehead atoms. The summed E-state index contributed by atoms with van der Waals surface area (Å²) in [5, 5.41) is 0. The molecule has 0 amide bonds. The second kappa shape index (κ2) is 4.55. The predicted molar refractivity (Wildman–Crippen MR) is 74.7 cm³/mol. The minimum Gasteiger partial charge on any atom is -0.235 e. The third-order valence-corrected chi connectivity index (χ3v) is 4.26. The summed E-state index contributed by atoms with van der Waals surface area (Å²) in [6, 6.07) is 8.87. The van der Waals surface area contributed by atoms with Gasteiger partial charge in [-0.05, 0) is 29.2 Å². The zero-order valence-corrected chi connectivity index (χ0v) is 11.4. The van der Waals surface area contributed by atoms with Crippen molar-refractivity contribution in [3.05, 3.63) is 52.4 Å². The number of rotatable bonds is 1. The standard InChI is InChI=1S/C15H14FNS/c1-15(2,3)14-8-7-13(18-14)10-5-6-12(17-4)11(16)9-10/h5-9H,1-3H3. The summed E-state index contributed by atoms with van der Waals surface area (Å²) >= 11 is 1.67. The van der Waals surface area contributed by atoms with Crippen LogP contribution in [0.5, 0.6) is 0 Å². The molecule has 0 aliphatic carbocycles. The molecule has 1 heterocycles. The lowest BCUT2D eigenvalue weighted by molar-refractivity contribution is 0.604. The van der Waals surface area contributed by atoms with E-state index < -0.39 is 5.82 Å². The lowest BCUT2D eigenvalue weighted by Gasteiger charge is -2.15. The highest BCUT2D eigenvalue weighted by atomic mass is 32.1. The summed E-state index contributed by atoms with van der Waals surface area (Å²) in [5.41, 5.74) is 1.02. The fourth-order valence-electron chi connectivity index (χ4n) is 1.65. The third-order valence-electron chi connectivity index (χ3n) is 2.70. The molecule has 0 saturated heterocycles. The first kappa shape index (κ1) is 12.8. The van der Waals surface area contributed by atoms with Crippen LogP contribution in [0.3, 0.4) is 0 Å². The highest BCUT2D eigenvalue weighted by Crippen LogP contribution is 2.36. The van der Waals surface area contributed by atoms with Crippen LogP contribution < -0.4 is 0 Å². The molecule has 3 heteroatoms. The smallest absolute Gasteiger partial charge is 0.222 e. The van der Waals surface area contributed by atoms with Gasteiger partial charge in [0.05, 0.1) is 6.57 Å².